The van der Waals surface area contributed by atoms with E-state index in [0.29, 0.717) is 19.1 Å². The Balaban J connectivity index is 1.59. The Morgan fingerprint density at radius 1 is 1.10 bits per heavy atom. The lowest BCUT2D eigenvalue weighted by Crippen LogP contribution is -2.39. The maximum Gasteiger partial charge on any atom is 0.233 e. The van der Waals surface area contributed by atoms with Crippen LogP contribution < -0.4 is 10.6 Å². The van der Waals surface area contributed by atoms with Crippen LogP contribution in [-0.4, -0.2) is 25.0 Å². The van der Waals surface area contributed by atoms with E-state index >= 15 is 0 Å². The van der Waals surface area contributed by atoms with Crippen LogP contribution in [0.1, 0.15) is 44.1 Å². The van der Waals surface area contributed by atoms with E-state index in [4.69, 9.17) is 11.6 Å². The number of hydrogen-bond acceptors (Lipinski definition) is 2. The smallest absolute Gasteiger partial charge is 0.233 e. The highest BCUT2D eigenvalue weighted by atomic mass is 35.5. The first kappa shape index (κ1) is 16.3. The molecule has 3 nitrogen and oxygen atoms in total. The van der Waals surface area contributed by atoms with E-state index in [2.05, 4.69) is 10.6 Å². The zero-order valence-corrected chi connectivity index (χ0v) is 13.3. The highest BCUT2D eigenvalue weighted by molar-refractivity contribution is 6.30. The molecule has 2 rings (SSSR count). The molecular formula is C17H25ClN2O. The number of halogens is 1. The summed E-state index contributed by atoms with van der Waals surface area (Å²) in [5.74, 6) is 0.0909. The first-order valence-corrected chi connectivity index (χ1v) is 8.36. The van der Waals surface area contributed by atoms with E-state index in [1.165, 1.54) is 44.1 Å². The van der Waals surface area contributed by atoms with Crippen LogP contribution in [0.4, 0.5) is 0 Å². The largest absolute Gasteiger partial charge is 0.355 e. The van der Waals surface area contributed by atoms with Crippen molar-refractivity contribution in [2.24, 2.45) is 0 Å². The molecule has 0 unspecified atom stereocenters. The summed E-state index contributed by atoms with van der Waals surface area (Å²) in [7, 11) is 0. The molecule has 0 atom stereocenters. The molecule has 2 N–H and O–H groups in total. The summed E-state index contributed by atoms with van der Waals surface area (Å²) in [6, 6.07) is 8.28. The number of benzene rings is 1. The zero-order valence-electron chi connectivity index (χ0n) is 12.5. The van der Waals surface area contributed by atoms with Crippen molar-refractivity contribution < 1.29 is 4.79 Å². The average Bonchev–Trinajstić information content (AvgIpc) is 2.76. The van der Waals surface area contributed by atoms with Crippen LogP contribution in [0.3, 0.4) is 0 Å². The van der Waals surface area contributed by atoms with Crippen LogP contribution in [0.2, 0.25) is 5.02 Å². The van der Waals surface area contributed by atoms with Gasteiger partial charge in [0.2, 0.25) is 5.91 Å². The fraction of sp³-hybridized carbons (Fsp3) is 0.588. The fourth-order valence-corrected chi connectivity index (χ4v) is 2.91. The summed E-state index contributed by atoms with van der Waals surface area (Å²) in [4.78, 5) is 11.8. The third-order valence-corrected chi connectivity index (χ3v) is 4.31. The molecule has 1 fully saturated rings. The predicted molar refractivity (Wildman–Crippen MR) is 87.7 cm³/mol. The lowest BCUT2D eigenvalue weighted by molar-refractivity contribution is -0.120. The van der Waals surface area contributed by atoms with Gasteiger partial charge in [-0.15, -0.1) is 0 Å². The minimum absolute atomic E-state index is 0.0909. The van der Waals surface area contributed by atoms with E-state index in [1.54, 1.807) is 0 Å². The number of carbonyl (C=O) groups excluding carboxylic acids is 1. The van der Waals surface area contributed by atoms with Crippen LogP contribution in [0.5, 0.6) is 0 Å². The molecular weight excluding hydrogens is 284 g/mol. The Bertz CT molecular complexity index is 425. The molecule has 0 aliphatic heterocycles. The SMILES string of the molecule is O=C(CNC1CCCCCC1)NCCc1ccc(Cl)cc1. The predicted octanol–water partition coefficient (Wildman–Crippen LogP) is 3.31. The minimum atomic E-state index is 0.0909. The molecule has 21 heavy (non-hydrogen) atoms. The molecule has 0 spiro atoms. The van der Waals surface area contributed by atoms with Crippen molar-refractivity contribution in [3.8, 4) is 0 Å². The van der Waals surface area contributed by atoms with Crippen molar-refractivity contribution in [3.05, 3.63) is 34.9 Å². The molecule has 116 valence electrons. The zero-order chi connectivity index (χ0) is 14.9. The Labute approximate surface area is 132 Å². The average molecular weight is 309 g/mol. The second kappa shape index (κ2) is 9.06. The van der Waals surface area contributed by atoms with Gasteiger partial charge in [-0.2, -0.15) is 0 Å². The second-order valence-corrected chi connectivity index (χ2v) is 6.23. The van der Waals surface area contributed by atoms with Gasteiger partial charge in [-0.3, -0.25) is 4.79 Å². The molecule has 0 aromatic heterocycles. The maximum atomic E-state index is 11.8. The summed E-state index contributed by atoms with van der Waals surface area (Å²) >= 11 is 5.84. The third kappa shape index (κ3) is 6.49. The molecule has 0 heterocycles. The quantitative estimate of drug-likeness (QED) is 0.792. The van der Waals surface area contributed by atoms with Gasteiger partial charge in [-0.1, -0.05) is 49.4 Å². The molecule has 0 saturated heterocycles. The summed E-state index contributed by atoms with van der Waals surface area (Å²) in [6.07, 6.45) is 8.51. The minimum Gasteiger partial charge on any atom is -0.355 e. The van der Waals surface area contributed by atoms with Gasteiger partial charge in [-0.25, -0.2) is 0 Å². The normalized spacial score (nSPS) is 16.4. The van der Waals surface area contributed by atoms with Gasteiger partial charge in [-0.05, 0) is 37.0 Å². The van der Waals surface area contributed by atoms with Gasteiger partial charge in [0.1, 0.15) is 0 Å². The maximum absolute atomic E-state index is 11.8. The van der Waals surface area contributed by atoms with E-state index in [1.807, 2.05) is 24.3 Å². The summed E-state index contributed by atoms with van der Waals surface area (Å²) < 4.78 is 0. The molecule has 1 aromatic rings. The second-order valence-electron chi connectivity index (χ2n) is 5.80. The van der Waals surface area contributed by atoms with Crippen LogP contribution >= 0.6 is 11.6 Å². The topological polar surface area (TPSA) is 41.1 Å². The Morgan fingerprint density at radius 3 is 2.43 bits per heavy atom. The van der Waals surface area contributed by atoms with Crippen molar-refractivity contribution in [2.45, 2.75) is 51.0 Å². The lowest BCUT2D eigenvalue weighted by atomic mass is 10.1. The van der Waals surface area contributed by atoms with Crippen molar-refractivity contribution in [1.82, 2.24) is 10.6 Å². The van der Waals surface area contributed by atoms with Gasteiger partial charge in [0.25, 0.3) is 0 Å². The number of carbonyl (C=O) groups is 1. The molecule has 1 aliphatic carbocycles. The molecule has 1 aliphatic rings. The Hall–Kier alpha value is -1.06. The first-order chi connectivity index (χ1) is 10.2. The molecule has 1 saturated carbocycles. The lowest BCUT2D eigenvalue weighted by Gasteiger charge is -2.15. The van der Waals surface area contributed by atoms with E-state index < -0.39 is 0 Å². The number of hydrogen-bond donors (Lipinski definition) is 2. The number of nitrogens with one attached hydrogen (secondary N) is 2. The molecule has 4 heteroatoms. The van der Waals surface area contributed by atoms with E-state index in [9.17, 15) is 4.79 Å². The number of amides is 1. The monoisotopic (exact) mass is 308 g/mol. The van der Waals surface area contributed by atoms with Crippen molar-refractivity contribution >= 4 is 17.5 Å². The molecule has 0 bridgehead atoms. The summed E-state index contributed by atoms with van der Waals surface area (Å²) in [5, 5.41) is 7.10. The van der Waals surface area contributed by atoms with Crippen LogP contribution in [0.15, 0.2) is 24.3 Å². The Morgan fingerprint density at radius 2 is 1.76 bits per heavy atom. The van der Waals surface area contributed by atoms with Gasteiger partial charge in [0, 0.05) is 17.6 Å². The number of rotatable bonds is 6. The molecule has 1 aromatic carbocycles. The summed E-state index contributed by atoms with van der Waals surface area (Å²) in [5.41, 5.74) is 1.19. The highest BCUT2D eigenvalue weighted by Gasteiger charge is 2.12. The van der Waals surface area contributed by atoms with Gasteiger partial charge < -0.3 is 10.6 Å². The van der Waals surface area contributed by atoms with Crippen LogP contribution in [0.25, 0.3) is 0 Å². The summed E-state index contributed by atoms with van der Waals surface area (Å²) in [6.45, 7) is 1.11. The van der Waals surface area contributed by atoms with Crippen molar-refractivity contribution in [2.75, 3.05) is 13.1 Å². The van der Waals surface area contributed by atoms with Crippen molar-refractivity contribution in [3.63, 3.8) is 0 Å². The van der Waals surface area contributed by atoms with Gasteiger partial charge in [0.05, 0.1) is 6.54 Å². The molecule has 0 radical (unpaired) electrons. The third-order valence-electron chi connectivity index (χ3n) is 4.06. The first-order valence-electron chi connectivity index (χ1n) is 7.98. The van der Waals surface area contributed by atoms with E-state index in [0.717, 1.165) is 11.4 Å². The van der Waals surface area contributed by atoms with Crippen molar-refractivity contribution in [1.29, 1.82) is 0 Å². The van der Waals surface area contributed by atoms with Crippen LogP contribution in [0, 0.1) is 0 Å². The van der Waals surface area contributed by atoms with Gasteiger partial charge >= 0.3 is 0 Å². The fourth-order valence-electron chi connectivity index (χ4n) is 2.78. The van der Waals surface area contributed by atoms with E-state index in [-0.39, 0.29) is 5.91 Å². The molecule has 1 amide bonds. The standard InChI is InChI=1S/C17H25ClN2O/c18-15-9-7-14(8-10-15)11-12-19-17(21)13-20-16-5-3-1-2-4-6-16/h7-10,16,20H,1-6,11-13H2,(H,19,21). The van der Waals surface area contributed by atoms with Crippen LogP contribution in [-0.2, 0) is 11.2 Å². The van der Waals surface area contributed by atoms with Gasteiger partial charge in [0.15, 0.2) is 0 Å². The highest BCUT2D eigenvalue weighted by Crippen LogP contribution is 2.16. The Kier molecular flexibility index (Phi) is 7.04.